The second-order valence-electron chi connectivity index (χ2n) is 7.36. The number of aromatic nitrogens is 3. The van der Waals surface area contributed by atoms with E-state index in [2.05, 4.69) is 26.1 Å². The Morgan fingerprint density at radius 1 is 1.11 bits per heavy atom. The molecular weight excluding hydrogens is 342 g/mol. The Morgan fingerprint density at radius 3 is 2.63 bits per heavy atom. The van der Waals surface area contributed by atoms with Crippen LogP contribution in [0.4, 0.5) is 5.82 Å². The standard InChI is InChI=1S/C20H25N5O2/c1-14(2)27-19-7-6-16(13-21-19)20(26)25-10-8-24(9-11-25)18-12-15-4-3-5-17(15)22-23-18/h6-7,12-14H,3-5,8-11H2,1-2H3. The Morgan fingerprint density at radius 2 is 1.93 bits per heavy atom. The Balaban J connectivity index is 1.36. The van der Waals surface area contributed by atoms with Gasteiger partial charge in [0.05, 0.1) is 17.4 Å². The lowest BCUT2D eigenvalue weighted by Gasteiger charge is -2.35. The van der Waals surface area contributed by atoms with Crippen molar-refractivity contribution >= 4 is 11.7 Å². The van der Waals surface area contributed by atoms with Crippen LogP contribution in [0.5, 0.6) is 5.88 Å². The number of pyridine rings is 1. The van der Waals surface area contributed by atoms with Crippen LogP contribution in [0.1, 0.15) is 41.9 Å². The Kier molecular flexibility index (Phi) is 4.92. The van der Waals surface area contributed by atoms with E-state index in [0.29, 0.717) is 24.5 Å². The van der Waals surface area contributed by atoms with E-state index in [1.165, 1.54) is 12.0 Å². The molecule has 27 heavy (non-hydrogen) atoms. The van der Waals surface area contributed by atoms with Gasteiger partial charge in [-0.05, 0) is 50.8 Å². The van der Waals surface area contributed by atoms with Crippen molar-refractivity contribution in [2.45, 2.75) is 39.2 Å². The van der Waals surface area contributed by atoms with Gasteiger partial charge in [-0.15, -0.1) is 5.10 Å². The smallest absolute Gasteiger partial charge is 0.255 e. The van der Waals surface area contributed by atoms with Crippen LogP contribution in [0.3, 0.4) is 0 Å². The number of aryl methyl sites for hydroxylation is 2. The molecule has 0 N–H and O–H groups in total. The number of amides is 1. The predicted molar refractivity (Wildman–Crippen MR) is 102 cm³/mol. The van der Waals surface area contributed by atoms with Crippen molar-refractivity contribution in [1.82, 2.24) is 20.1 Å². The summed E-state index contributed by atoms with van der Waals surface area (Å²) in [5.74, 6) is 1.49. The van der Waals surface area contributed by atoms with Crippen LogP contribution in [0.25, 0.3) is 0 Å². The van der Waals surface area contributed by atoms with Crippen molar-refractivity contribution in [2.75, 3.05) is 31.1 Å². The molecule has 0 spiro atoms. The zero-order valence-corrected chi connectivity index (χ0v) is 15.9. The number of carbonyl (C=O) groups excluding carboxylic acids is 1. The fraction of sp³-hybridized carbons (Fsp3) is 0.500. The van der Waals surface area contributed by atoms with Crippen LogP contribution in [0.2, 0.25) is 0 Å². The maximum absolute atomic E-state index is 12.7. The van der Waals surface area contributed by atoms with Gasteiger partial charge in [0.15, 0.2) is 5.82 Å². The number of hydrogen-bond donors (Lipinski definition) is 0. The average molecular weight is 367 g/mol. The van der Waals surface area contributed by atoms with E-state index in [4.69, 9.17) is 4.74 Å². The number of fused-ring (bicyclic) bond motifs is 1. The van der Waals surface area contributed by atoms with Crippen LogP contribution in [-0.2, 0) is 12.8 Å². The monoisotopic (exact) mass is 367 g/mol. The summed E-state index contributed by atoms with van der Waals surface area (Å²) in [6.45, 7) is 6.77. The summed E-state index contributed by atoms with van der Waals surface area (Å²) in [6.07, 6.45) is 4.97. The minimum atomic E-state index is 0.0123. The molecule has 0 atom stereocenters. The molecule has 0 saturated carbocycles. The van der Waals surface area contributed by atoms with Crippen molar-refractivity contribution < 1.29 is 9.53 Å². The maximum Gasteiger partial charge on any atom is 0.255 e. The minimum absolute atomic E-state index is 0.0123. The molecule has 1 fully saturated rings. The lowest BCUT2D eigenvalue weighted by atomic mass is 10.2. The largest absolute Gasteiger partial charge is 0.475 e. The summed E-state index contributed by atoms with van der Waals surface area (Å²) >= 11 is 0. The van der Waals surface area contributed by atoms with Crippen molar-refractivity contribution in [3.8, 4) is 5.88 Å². The number of hydrogen-bond acceptors (Lipinski definition) is 6. The molecule has 1 aliphatic carbocycles. The molecule has 7 nitrogen and oxygen atoms in total. The molecular formula is C20H25N5O2. The molecule has 0 radical (unpaired) electrons. The highest BCUT2D eigenvalue weighted by Gasteiger charge is 2.24. The summed E-state index contributed by atoms with van der Waals surface area (Å²) in [7, 11) is 0. The molecule has 3 heterocycles. The van der Waals surface area contributed by atoms with Gasteiger partial charge in [-0.1, -0.05) is 0 Å². The summed E-state index contributed by atoms with van der Waals surface area (Å²) in [4.78, 5) is 21.0. The fourth-order valence-electron chi connectivity index (χ4n) is 3.61. The summed E-state index contributed by atoms with van der Waals surface area (Å²) < 4.78 is 5.53. The number of anilines is 1. The Bertz CT molecular complexity index is 814. The van der Waals surface area contributed by atoms with E-state index in [1.807, 2.05) is 18.7 Å². The van der Waals surface area contributed by atoms with E-state index >= 15 is 0 Å². The van der Waals surface area contributed by atoms with Crippen molar-refractivity contribution in [3.05, 3.63) is 41.2 Å². The molecule has 0 aromatic carbocycles. The molecule has 0 unspecified atom stereocenters. The summed E-state index contributed by atoms with van der Waals surface area (Å²) in [6, 6.07) is 5.71. The normalized spacial score (nSPS) is 16.6. The van der Waals surface area contributed by atoms with Crippen LogP contribution >= 0.6 is 0 Å². The van der Waals surface area contributed by atoms with E-state index in [0.717, 1.165) is 37.4 Å². The first-order valence-corrected chi connectivity index (χ1v) is 9.62. The molecule has 1 saturated heterocycles. The first-order valence-electron chi connectivity index (χ1n) is 9.62. The third-order valence-electron chi connectivity index (χ3n) is 5.04. The molecule has 0 bridgehead atoms. The molecule has 1 amide bonds. The second-order valence-corrected chi connectivity index (χ2v) is 7.36. The lowest BCUT2D eigenvalue weighted by Crippen LogP contribution is -2.49. The van der Waals surface area contributed by atoms with Gasteiger partial charge in [-0.3, -0.25) is 4.79 Å². The lowest BCUT2D eigenvalue weighted by molar-refractivity contribution is 0.0746. The van der Waals surface area contributed by atoms with Gasteiger partial charge in [0.2, 0.25) is 5.88 Å². The molecule has 2 aliphatic rings. The third-order valence-corrected chi connectivity index (χ3v) is 5.04. The first-order chi connectivity index (χ1) is 13.1. The van der Waals surface area contributed by atoms with Gasteiger partial charge in [0, 0.05) is 38.4 Å². The van der Waals surface area contributed by atoms with Gasteiger partial charge < -0.3 is 14.5 Å². The van der Waals surface area contributed by atoms with Gasteiger partial charge in [0.25, 0.3) is 5.91 Å². The van der Waals surface area contributed by atoms with E-state index in [9.17, 15) is 4.79 Å². The van der Waals surface area contributed by atoms with Crippen molar-refractivity contribution in [1.29, 1.82) is 0 Å². The van der Waals surface area contributed by atoms with Crippen LogP contribution < -0.4 is 9.64 Å². The molecule has 142 valence electrons. The van der Waals surface area contributed by atoms with E-state index in [1.54, 1.807) is 18.3 Å². The maximum atomic E-state index is 12.7. The fourth-order valence-corrected chi connectivity index (χ4v) is 3.61. The minimum Gasteiger partial charge on any atom is -0.475 e. The molecule has 4 rings (SSSR count). The van der Waals surface area contributed by atoms with Crippen LogP contribution in [-0.4, -0.2) is 58.3 Å². The Labute approximate surface area is 159 Å². The highest BCUT2D eigenvalue weighted by molar-refractivity contribution is 5.94. The molecule has 7 heteroatoms. The molecule has 1 aliphatic heterocycles. The SMILES string of the molecule is CC(C)Oc1ccc(C(=O)N2CCN(c3cc4c(nn3)CCC4)CC2)cn1. The number of nitrogens with zero attached hydrogens (tertiary/aromatic N) is 5. The van der Waals surface area contributed by atoms with E-state index < -0.39 is 0 Å². The van der Waals surface area contributed by atoms with Gasteiger partial charge in [-0.2, -0.15) is 5.10 Å². The number of ether oxygens (including phenoxy) is 1. The predicted octanol–water partition coefficient (Wildman–Crippen LogP) is 2.11. The average Bonchev–Trinajstić information content (AvgIpc) is 3.15. The Hall–Kier alpha value is -2.70. The first kappa shape index (κ1) is 17.7. The number of rotatable bonds is 4. The zero-order valence-electron chi connectivity index (χ0n) is 15.9. The number of carbonyl (C=O) groups is 1. The summed E-state index contributed by atoms with van der Waals surface area (Å²) in [5, 5.41) is 8.76. The topological polar surface area (TPSA) is 71.5 Å². The third kappa shape index (κ3) is 3.86. The van der Waals surface area contributed by atoms with Gasteiger partial charge in [-0.25, -0.2) is 4.98 Å². The zero-order chi connectivity index (χ0) is 18.8. The summed E-state index contributed by atoms with van der Waals surface area (Å²) in [5.41, 5.74) is 3.06. The van der Waals surface area contributed by atoms with Gasteiger partial charge >= 0.3 is 0 Å². The molecule has 2 aromatic heterocycles. The van der Waals surface area contributed by atoms with Crippen LogP contribution in [0.15, 0.2) is 24.4 Å². The highest BCUT2D eigenvalue weighted by Crippen LogP contribution is 2.23. The van der Waals surface area contributed by atoms with Crippen LogP contribution in [0, 0.1) is 0 Å². The highest BCUT2D eigenvalue weighted by atomic mass is 16.5. The van der Waals surface area contributed by atoms with Gasteiger partial charge in [0.1, 0.15) is 0 Å². The van der Waals surface area contributed by atoms with Crippen molar-refractivity contribution in [3.63, 3.8) is 0 Å². The second kappa shape index (κ2) is 7.50. The van der Waals surface area contributed by atoms with Crippen molar-refractivity contribution in [2.24, 2.45) is 0 Å². The van der Waals surface area contributed by atoms with E-state index in [-0.39, 0.29) is 12.0 Å². The molecule has 2 aromatic rings. The quantitative estimate of drug-likeness (QED) is 0.824. The number of piperazine rings is 1.